The van der Waals surface area contributed by atoms with E-state index < -0.39 is 0 Å². The SMILES string of the molecule is CNC1CCCN(C(=O)CCC2CCCC2)C1.Cl. The van der Waals surface area contributed by atoms with E-state index in [0.29, 0.717) is 11.9 Å². The lowest BCUT2D eigenvalue weighted by atomic mass is 10.0. The van der Waals surface area contributed by atoms with Crippen molar-refractivity contribution >= 4 is 18.3 Å². The first-order valence-corrected chi connectivity index (χ1v) is 7.24. The molecule has 18 heavy (non-hydrogen) atoms. The van der Waals surface area contributed by atoms with E-state index >= 15 is 0 Å². The van der Waals surface area contributed by atoms with Crippen LogP contribution in [0.2, 0.25) is 0 Å². The highest BCUT2D eigenvalue weighted by molar-refractivity contribution is 5.85. The Bertz CT molecular complexity index is 254. The largest absolute Gasteiger partial charge is 0.341 e. The number of piperidine rings is 1. The highest BCUT2D eigenvalue weighted by Gasteiger charge is 2.23. The van der Waals surface area contributed by atoms with Gasteiger partial charge in [0.2, 0.25) is 5.91 Å². The Morgan fingerprint density at radius 3 is 2.61 bits per heavy atom. The number of hydrogen-bond acceptors (Lipinski definition) is 2. The predicted octanol–water partition coefficient (Wildman–Crippen LogP) is 2.59. The van der Waals surface area contributed by atoms with Crippen LogP contribution in [0, 0.1) is 5.92 Å². The second-order valence-electron chi connectivity index (χ2n) is 5.66. The van der Waals surface area contributed by atoms with Crippen LogP contribution in [-0.4, -0.2) is 37.0 Å². The highest BCUT2D eigenvalue weighted by Crippen LogP contribution is 2.28. The molecule has 1 aliphatic heterocycles. The lowest BCUT2D eigenvalue weighted by Gasteiger charge is -2.32. The van der Waals surface area contributed by atoms with E-state index in [1.165, 1.54) is 32.1 Å². The van der Waals surface area contributed by atoms with Crippen LogP contribution in [0.25, 0.3) is 0 Å². The molecule has 1 aliphatic carbocycles. The number of nitrogens with zero attached hydrogens (tertiary/aromatic N) is 1. The van der Waals surface area contributed by atoms with Gasteiger partial charge in [0.15, 0.2) is 0 Å². The van der Waals surface area contributed by atoms with Crippen molar-refractivity contribution in [2.75, 3.05) is 20.1 Å². The molecular formula is C14H27ClN2O. The first-order chi connectivity index (χ1) is 8.29. The van der Waals surface area contributed by atoms with Gasteiger partial charge < -0.3 is 10.2 Å². The van der Waals surface area contributed by atoms with Crippen LogP contribution in [0.4, 0.5) is 0 Å². The minimum Gasteiger partial charge on any atom is -0.341 e. The molecule has 0 aromatic carbocycles. The molecule has 1 amide bonds. The van der Waals surface area contributed by atoms with Crippen molar-refractivity contribution in [1.29, 1.82) is 0 Å². The number of likely N-dealkylation sites (tertiary alicyclic amines) is 1. The zero-order chi connectivity index (χ0) is 12.1. The number of amides is 1. The van der Waals surface area contributed by atoms with E-state index in [1.54, 1.807) is 0 Å². The van der Waals surface area contributed by atoms with Crippen LogP contribution >= 0.6 is 12.4 Å². The maximum absolute atomic E-state index is 12.1. The Morgan fingerprint density at radius 1 is 1.22 bits per heavy atom. The summed E-state index contributed by atoms with van der Waals surface area (Å²) in [5.74, 6) is 1.22. The Labute approximate surface area is 117 Å². The molecule has 1 heterocycles. The van der Waals surface area contributed by atoms with Crippen LogP contribution < -0.4 is 5.32 Å². The molecule has 2 aliphatic rings. The Morgan fingerprint density at radius 2 is 1.94 bits per heavy atom. The maximum Gasteiger partial charge on any atom is 0.222 e. The van der Waals surface area contributed by atoms with Crippen LogP contribution in [0.3, 0.4) is 0 Å². The summed E-state index contributed by atoms with van der Waals surface area (Å²) in [7, 11) is 2.00. The number of likely N-dealkylation sites (N-methyl/N-ethyl adjacent to an activating group) is 1. The average molecular weight is 275 g/mol. The van der Waals surface area contributed by atoms with Crippen LogP contribution in [0.1, 0.15) is 51.4 Å². The molecular weight excluding hydrogens is 248 g/mol. The van der Waals surface area contributed by atoms with Gasteiger partial charge in [-0.2, -0.15) is 0 Å². The van der Waals surface area contributed by atoms with Gasteiger partial charge in [-0.15, -0.1) is 12.4 Å². The third-order valence-electron chi connectivity index (χ3n) is 4.42. The van der Waals surface area contributed by atoms with E-state index in [0.717, 1.165) is 38.3 Å². The zero-order valence-corrected chi connectivity index (χ0v) is 12.3. The number of carbonyl (C=O) groups is 1. The third kappa shape index (κ3) is 4.43. The molecule has 1 unspecified atom stereocenters. The molecule has 0 spiro atoms. The summed E-state index contributed by atoms with van der Waals surface area (Å²) in [6, 6.07) is 0.513. The van der Waals surface area contributed by atoms with Crippen molar-refractivity contribution in [3.63, 3.8) is 0 Å². The first-order valence-electron chi connectivity index (χ1n) is 7.24. The minimum atomic E-state index is 0. The van der Waals surface area contributed by atoms with Gasteiger partial charge in [-0.05, 0) is 32.2 Å². The molecule has 0 bridgehead atoms. The summed E-state index contributed by atoms with van der Waals surface area (Å²) in [6.07, 6.45) is 9.73. The van der Waals surface area contributed by atoms with Crippen molar-refractivity contribution in [1.82, 2.24) is 10.2 Å². The molecule has 1 atom stereocenters. The third-order valence-corrected chi connectivity index (χ3v) is 4.42. The number of halogens is 1. The van der Waals surface area contributed by atoms with E-state index in [-0.39, 0.29) is 12.4 Å². The number of nitrogens with one attached hydrogen (secondary N) is 1. The second-order valence-corrected chi connectivity index (χ2v) is 5.66. The Hall–Kier alpha value is -0.280. The van der Waals surface area contributed by atoms with Gasteiger partial charge in [0.05, 0.1) is 0 Å². The van der Waals surface area contributed by atoms with Crippen LogP contribution in [0.5, 0.6) is 0 Å². The van der Waals surface area contributed by atoms with Gasteiger partial charge >= 0.3 is 0 Å². The molecule has 1 N–H and O–H groups in total. The average Bonchev–Trinajstić information content (AvgIpc) is 2.89. The first kappa shape index (κ1) is 15.8. The molecule has 3 nitrogen and oxygen atoms in total. The van der Waals surface area contributed by atoms with E-state index in [9.17, 15) is 4.79 Å². The second kappa shape index (κ2) is 8.00. The van der Waals surface area contributed by atoms with Crippen LogP contribution in [0.15, 0.2) is 0 Å². The molecule has 4 heteroatoms. The predicted molar refractivity (Wildman–Crippen MR) is 77.1 cm³/mol. The fourth-order valence-electron chi connectivity index (χ4n) is 3.22. The van der Waals surface area contributed by atoms with Crippen LogP contribution in [-0.2, 0) is 4.79 Å². The molecule has 0 aromatic rings. The Kier molecular flexibility index (Phi) is 7.02. The quantitative estimate of drug-likeness (QED) is 0.855. The highest BCUT2D eigenvalue weighted by atomic mass is 35.5. The molecule has 1 saturated carbocycles. The van der Waals surface area contributed by atoms with Gasteiger partial charge in [0.25, 0.3) is 0 Å². The van der Waals surface area contributed by atoms with Gasteiger partial charge in [0.1, 0.15) is 0 Å². The smallest absolute Gasteiger partial charge is 0.222 e. The summed E-state index contributed by atoms with van der Waals surface area (Å²) in [6.45, 7) is 1.89. The molecule has 106 valence electrons. The summed E-state index contributed by atoms with van der Waals surface area (Å²) >= 11 is 0. The van der Waals surface area contributed by atoms with E-state index in [4.69, 9.17) is 0 Å². The van der Waals surface area contributed by atoms with Crippen molar-refractivity contribution in [3.05, 3.63) is 0 Å². The summed E-state index contributed by atoms with van der Waals surface area (Å²) in [4.78, 5) is 14.2. The van der Waals surface area contributed by atoms with Crippen molar-refractivity contribution in [2.45, 2.75) is 57.4 Å². The molecule has 0 radical (unpaired) electrons. The summed E-state index contributed by atoms with van der Waals surface area (Å²) in [5, 5.41) is 3.29. The van der Waals surface area contributed by atoms with E-state index in [1.807, 2.05) is 7.05 Å². The number of carbonyl (C=O) groups excluding carboxylic acids is 1. The number of rotatable bonds is 4. The zero-order valence-electron chi connectivity index (χ0n) is 11.5. The lowest BCUT2D eigenvalue weighted by Crippen LogP contribution is -2.46. The topological polar surface area (TPSA) is 32.3 Å². The molecule has 2 rings (SSSR count). The van der Waals surface area contributed by atoms with Gasteiger partial charge in [-0.1, -0.05) is 25.7 Å². The number of hydrogen-bond donors (Lipinski definition) is 1. The van der Waals surface area contributed by atoms with Crippen molar-refractivity contribution in [3.8, 4) is 0 Å². The Balaban J connectivity index is 0.00000162. The molecule has 0 aromatic heterocycles. The van der Waals surface area contributed by atoms with Gasteiger partial charge in [-0.25, -0.2) is 0 Å². The van der Waals surface area contributed by atoms with Gasteiger partial charge in [0, 0.05) is 25.6 Å². The molecule has 1 saturated heterocycles. The normalized spacial score (nSPS) is 24.9. The van der Waals surface area contributed by atoms with Crippen molar-refractivity contribution in [2.24, 2.45) is 5.92 Å². The summed E-state index contributed by atoms with van der Waals surface area (Å²) < 4.78 is 0. The fourth-order valence-corrected chi connectivity index (χ4v) is 3.22. The summed E-state index contributed by atoms with van der Waals surface area (Å²) in [5.41, 5.74) is 0. The van der Waals surface area contributed by atoms with Gasteiger partial charge in [-0.3, -0.25) is 4.79 Å². The minimum absolute atomic E-state index is 0. The standard InChI is InChI=1S/C14H26N2O.ClH/c1-15-13-7-4-10-16(11-13)14(17)9-8-12-5-2-3-6-12;/h12-13,15H,2-11H2,1H3;1H. The monoisotopic (exact) mass is 274 g/mol. The lowest BCUT2D eigenvalue weighted by molar-refractivity contribution is -0.132. The van der Waals surface area contributed by atoms with E-state index in [2.05, 4.69) is 10.2 Å². The van der Waals surface area contributed by atoms with Crippen molar-refractivity contribution < 1.29 is 4.79 Å². The fraction of sp³-hybridized carbons (Fsp3) is 0.929. The molecule has 2 fully saturated rings. The maximum atomic E-state index is 12.1.